The minimum Gasteiger partial charge on any atom is -0.394 e. The number of rotatable bonds is 49. The normalized spacial score (nSPS) is 29.4. The van der Waals surface area contributed by atoms with Crippen LogP contribution in [0.1, 0.15) is 219 Å². The summed E-state index contributed by atoms with van der Waals surface area (Å²) in [6.45, 7) is 1.62. The van der Waals surface area contributed by atoms with E-state index in [1.165, 1.54) is 109 Å². The maximum absolute atomic E-state index is 13.3. The number of unbranched alkanes of at least 4 members (excludes halogenated alkanes) is 25. The molecule has 3 rings (SSSR count). The van der Waals surface area contributed by atoms with Crippen molar-refractivity contribution in [1.82, 2.24) is 5.32 Å². The van der Waals surface area contributed by atoms with Crippen molar-refractivity contribution >= 4 is 5.91 Å². The first kappa shape index (κ1) is 76.7. The number of amides is 1. The fourth-order valence-electron chi connectivity index (χ4n) is 10.8. The van der Waals surface area contributed by atoms with Crippen molar-refractivity contribution in [3.63, 3.8) is 0 Å². The second kappa shape index (κ2) is 48.4. The van der Waals surface area contributed by atoms with E-state index in [0.717, 1.165) is 77.0 Å². The molecule has 1 amide bonds. The van der Waals surface area contributed by atoms with E-state index in [2.05, 4.69) is 67.8 Å². The third-order valence-electron chi connectivity index (χ3n) is 16.2. The number of hydrogen-bond donors (Lipinski definition) is 12. The molecule has 0 aromatic carbocycles. The molecule has 3 aliphatic heterocycles. The fraction of sp³-hybridized carbons (Fsp3) is 0.833. The molecular formula is C66H117NO18. The maximum Gasteiger partial charge on any atom is 0.220 e. The van der Waals surface area contributed by atoms with Crippen LogP contribution in [0.4, 0.5) is 0 Å². The Labute approximate surface area is 509 Å². The molecule has 3 fully saturated rings. The Kier molecular flexibility index (Phi) is 43.7. The van der Waals surface area contributed by atoms with Gasteiger partial charge in [-0.1, -0.05) is 203 Å². The average molecular weight is 1210 g/mol. The van der Waals surface area contributed by atoms with Gasteiger partial charge in [-0.25, -0.2) is 0 Å². The highest BCUT2D eigenvalue weighted by molar-refractivity contribution is 5.76. The van der Waals surface area contributed by atoms with Crippen molar-refractivity contribution in [3.8, 4) is 0 Å². The number of carbonyl (C=O) groups excluding carboxylic acids is 1. The Balaban J connectivity index is 1.46. The first-order valence-corrected chi connectivity index (χ1v) is 33.0. The SMILES string of the molecule is CCC/C=C\C/C=C\CCCCCCCC(=O)NC(COC1OC(CO)C(OC2OC(CO)C(OC3OC(CO)C(O)C(O)C3O)C(O)C2O)C(O)C1O)C(O)/C=C/CC/C=C/CC/C=C/CCCCCCCCCCCCCCCCCCC. The number of nitrogens with one attached hydrogen (secondary N) is 1. The van der Waals surface area contributed by atoms with Crippen LogP contribution in [0.15, 0.2) is 60.8 Å². The number of allylic oxidation sites excluding steroid dienone is 9. The molecule has 0 spiro atoms. The molecule has 0 aromatic heterocycles. The summed E-state index contributed by atoms with van der Waals surface area (Å²) in [5.41, 5.74) is 0. The van der Waals surface area contributed by atoms with E-state index in [0.29, 0.717) is 12.8 Å². The molecule has 0 bridgehead atoms. The lowest BCUT2D eigenvalue weighted by Crippen LogP contribution is -2.66. The second-order valence-corrected chi connectivity index (χ2v) is 23.6. The van der Waals surface area contributed by atoms with Gasteiger partial charge >= 0.3 is 0 Å². The highest BCUT2D eigenvalue weighted by Gasteiger charge is 2.53. The molecule has 19 nitrogen and oxygen atoms in total. The zero-order valence-corrected chi connectivity index (χ0v) is 51.8. The van der Waals surface area contributed by atoms with Gasteiger partial charge in [-0.2, -0.15) is 0 Å². The van der Waals surface area contributed by atoms with Crippen molar-refractivity contribution in [2.45, 2.75) is 324 Å². The molecule has 494 valence electrons. The van der Waals surface area contributed by atoms with Crippen LogP contribution in [0.2, 0.25) is 0 Å². The molecule has 0 saturated carbocycles. The third kappa shape index (κ3) is 31.2. The lowest BCUT2D eigenvalue weighted by atomic mass is 9.96. The summed E-state index contributed by atoms with van der Waals surface area (Å²) < 4.78 is 34.2. The quantitative estimate of drug-likeness (QED) is 0.0206. The van der Waals surface area contributed by atoms with Crippen LogP contribution in [0.3, 0.4) is 0 Å². The van der Waals surface area contributed by atoms with E-state index in [1.54, 1.807) is 6.08 Å². The van der Waals surface area contributed by atoms with Crippen molar-refractivity contribution in [1.29, 1.82) is 0 Å². The molecular weight excluding hydrogens is 1090 g/mol. The molecule has 0 aromatic rings. The van der Waals surface area contributed by atoms with Crippen LogP contribution in [-0.4, -0.2) is 193 Å². The van der Waals surface area contributed by atoms with E-state index in [1.807, 2.05) is 6.08 Å². The van der Waals surface area contributed by atoms with E-state index < -0.39 is 124 Å². The van der Waals surface area contributed by atoms with Crippen LogP contribution in [-0.2, 0) is 33.2 Å². The summed E-state index contributed by atoms with van der Waals surface area (Å²) in [6, 6.07) is -1.01. The summed E-state index contributed by atoms with van der Waals surface area (Å²) in [5, 5.41) is 120. The summed E-state index contributed by atoms with van der Waals surface area (Å²) in [7, 11) is 0. The van der Waals surface area contributed by atoms with E-state index >= 15 is 0 Å². The van der Waals surface area contributed by atoms with Crippen LogP contribution >= 0.6 is 0 Å². The third-order valence-corrected chi connectivity index (χ3v) is 16.2. The Morgan fingerprint density at radius 3 is 1.29 bits per heavy atom. The number of aliphatic hydroxyl groups excluding tert-OH is 11. The minimum absolute atomic E-state index is 0.213. The first-order valence-electron chi connectivity index (χ1n) is 33.0. The van der Waals surface area contributed by atoms with Crippen LogP contribution < -0.4 is 5.32 Å². The minimum atomic E-state index is -1.99. The largest absolute Gasteiger partial charge is 0.394 e. The predicted octanol–water partition coefficient (Wildman–Crippen LogP) is 7.60. The zero-order chi connectivity index (χ0) is 61.9. The second-order valence-electron chi connectivity index (χ2n) is 23.6. The summed E-state index contributed by atoms with van der Waals surface area (Å²) in [6.07, 6.45) is 30.8. The molecule has 85 heavy (non-hydrogen) atoms. The summed E-state index contributed by atoms with van der Waals surface area (Å²) in [5.74, 6) is -0.306. The standard InChI is InChI=1S/C66H117NO18/c1-3-5-7-9-11-13-15-17-18-19-20-21-22-23-24-25-26-27-28-29-30-32-33-35-37-39-41-43-50(71)49(67-54(72)44-42-40-38-36-34-31-16-14-12-10-8-6-4-2)48-80-64-60(78)57(75)62(52(46-69)82-64)85-66-61(79)58(76)63(53(47-70)83-66)84-65-59(77)56(74)55(73)51(45-68)81-65/h8,10,14,16,28-29,33,35,41,43,49-53,55-66,68-71,73-79H,3-7,9,11-13,15,17-27,30-32,34,36-40,42,44-48H2,1-2H3,(H,67,72)/b10-8-,16-14-,29-28+,35-33+,43-41+. The van der Waals surface area contributed by atoms with Crippen LogP contribution in [0, 0.1) is 0 Å². The van der Waals surface area contributed by atoms with Gasteiger partial charge in [-0.3, -0.25) is 4.79 Å². The van der Waals surface area contributed by atoms with Gasteiger partial charge in [-0.05, 0) is 70.6 Å². The van der Waals surface area contributed by atoms with Gasteiger partial charge in [0, 0.05) is 6.42 Å². The van der Waals surface area contributed by atoms with Crippen molar-refractivity contribution < 1.29 is 89.4 Å². The lowest BCUT2D eigenvalue weighted by Gasteiger charge is -2.48. The van der Waals surface area contributed by atoms with Gasteiger partial charge in [0.2, 0.25) is 5.91 Å². The Hall–Kier alpha value is -2.51. The van der Waals surface area contributed by atoms with Gasteiger partial charge in [-0.15, -0.1) is 0 Å². The van der Waals surface area contributed by atoms with Gasteiger partial charge in [0.25, 0.3) is 0 Å². The molecule has 19 heteroatoms. The Bertz CT molecular complexity index is 1780. The maximum atomic E-state index is 13.3. The smallest absolute Gasteiger partial charge is 0.220 e. The molecule has 12 N–H and O–H groups in total. The zero-order valence-electron chi connectivity index (χ0n) is 51.8. The highest BCUT2D eigenvalue weighted by Crippen LogP contribution is 2.33. The topological polar surface area (TPSA) is 307 Å². The first-order chi connectivity index (χ1) is 41.3. The van der Waals surface area contributed by atoms with Gasteiger partial charge < -0.3 is 89.9 Å². The van der Waals surface area contributed by atoms with Crippen molar-refractivity contribution in [3.05, 3.63) is 60.8 Å². The van der Waals surface area contributed by atoms with Gasteiger partial charge in [0.1, 0.15) is 73.2 Å². The molecule has 3 heterocycles. The monoisotopic (exact) mass is 1210 g/mol. The number of hydrogen-bond acceptors (Lipinski definition) is 18. The number of carbonyl (C=O) groups is 1. The Morgan fingerprint density at radius 1 is 0.424 bits per heavy atom. The molecule has 0 radical (unpaired) electrons. The van der Waals surface area contributed by atoms with Gasteiger partial charge in [0.05, 0.1) is 38.6 Å². The summed E-state index contributed by atoms with van der Waals surface area (Å²) >= 11 is 0. The molecule has 17 unspecified atom stereocenters. The molecule has 3 aliphatic rings. The van der Waals surface area contributed by atoms with E-state index in [4.69, 9.17) is 28.4 Å². The van der Waals surface area contributed by atoms with Gasteiger partial charge in [0.15, 0.2) is 18.9 Å². The van der Waals surface area contributed by atoms with Crippen molar-refractivity contribution in [2.24, 2.45) is 0 Å². The van der Waals surface area contributed by atoms with E-state index in [-0.39, 0.29) is 18.9 Å². The molecule has 17 atom stereocenters. The molecule has 3 saturated heterocycles. The fourth-order valence-corrected chi connectivity index (χ4v) is 10.8. The van der Waals surface area contributed by atoms with Crippen LogP contribution in [0.5, 0.6) is 0 Å². The summed E-state index contributed by atoms with van der Waals surface area (Å²) in [4.78, 5) is 13.3. The molecule has 0 aliphatic carbocycles. The number of aliphatic hydroxyl groups is 11. The average Bonchev–Trinajstić information content (AvgIpc) is 3.60. The Morgan fingerprint density at radius 2 is 0.812 bits per heavy atom. The highest BCUT2D eigenvalue weighted by atomic mass is 16.8. The van der Waals surface area contributed by atoms with Crippen molar-refractivity contribution in [2.75, 3.05) is 26.4 Å². The lowest BCUT2D eigenvalue weighted by molar-refractivity contribution is -0.379. The predicted molar refractivity (Wildman–Crippen MR) is 328 cm³/mol. The van der Waals surface area contributed by atoms with E-state index in [9.17, 15) is 61.0 Å². The van der Waals surface area contributed by atoms with Crippen LogP contribution in [0.25, 0.3) is 0 Å². The number of ether oxygens (including phenoxy) is 6.